The highest BCUT2D eigenvalue weighted by Crippen LogP contribution is 2.16. The van der Waals surface area contributed by atoms with Crippen LogP contribution in [0.3, 0.4) is 0 Å². The lowest BCUT2D eigenvalue weighted by Crippen LogP contribution is -2.39. The molecule has 1 aromatic rings. The molecule has 6 nitrogen and oxygen atoms in total. The number of hydrogen-bond acceptors (Lipinski definition) is 4. The fraction of sp³-hybridized carbons (Fsp3) is 0.500. The van der Waals surface area contributed by atoms with Gasteiger partial charge >= 0.3 is 5.97 Å². The SMILES string of the molecule is Cc1cc(NC(C)C(=O)NCC(C)C)c(C(=O)O)cn1. The van der Waals surface area contributed by atoms with Gasteiger partial charge < -0.3 is 15.7 Å². The molecule has 110 valence electrons. The van der Waals surface area contributed by atoms with E-state index in [1.807, 2.05) is 13.8 Å². The number of aromatic carboxylic acids is 1. The monoisotopic (exact) mass is 279 g/mol. The summed E-state index contributed by atoms with van der Waals surface area (Å²) in [4.78, 5) is 27.0. The summed E-state index contributed by atoms with van der Waals surface area (Å²) in [5.41, 5.74) is 1.14. The number of carbonyl (C=O) groups excluding carboxylic acids is 1. The topological polar surface area (TPSA) is 91.3 Å². The predicted octanol–water partition coefficient (Wildman–Crippen LogP) is 1.66. The Morgan fingerprint density at radius 1 is 1.35 bits per heavy atom. The van der Waals surface area contributed by atoms with Crippen LogP contribution < -0.4 is 10.6 Å². The van der Waals surface area contributed by atoms with Gasteiger partial charge in [0.1, 0.15) is 11.6 Å². The van der Waals surface area contributed by atoms with Crippen LogP contribution in [0.1, 0.15) is 36.8 Å². The number of nitrogens with one attached hydrogen (secondary N) is 2. The van der Waals surface area contributed by atoms with Crippen molar-refractivity contribution in [1.82, 2.24) is 10.3 Å². The van der Waals surface area contributed by atoms with Crippen LogP contribution in [-0.2, 0) is 4.79 Å². The molecular weight excluding hydrogens is 258 g/mol. The Morgan fingerprint density at radius 3 is 2.55 bits per heavy atom. The van der Waals surface area contributed by atoms with Crippen molar-refractivity contribution < 1.29 is 14.7 Å². The lowest BCUT2D eigenvalue weighted by molar-refractivity contribution is -0.121. The van der Waals surface area contributed by atoms with Gasteiger partial charge in [0, 0.05) is 18.4 Å². The second-order valence-electron chi connectivity index (χ2n) is 5.18. The van der Waals surface area contributed by atoms with Crippen LogP contribution in [0.15, 0.2) is 12.3 Å². The number of pyridine rings is 1. The largest absolute Gasteiger partial charge is 0.478 e. The Kier molecular flexibility index (Phi) is 5.49. The van der Waals surface area contributed by atoms with Crippen LogP contribution in [0.4, 0.5) is 5.69 Å². The predicted molar refractivity (Wildman–Crippen MR) is 76.9 cm³/mol. The molecule has 0 aliphatic rings. The first-order chi connectivity index (χ1) is 9.31. The standard InChI is InChI=1S/C14H21N3O3/c1-8(2)6-16-13(18)10(4)17-12-5-9(3)15-7-11(12)14(19)20/h5,7-8,10H,6H2,1-4H3,(H,15,17)(H,16,18)(H,19,20). The number of anilines is 1. The van der Waals surface area contributed by atoms with E-state index in [0.29, 0.717) is 23.8 Å². The molecule has 1 heterocycles. The third-order valence-corrected chi connectivity index (χ3v) is 2.72. The normalized spacial score (nSPS) is 12.1. The zero-order valence-corrected chi connectivity index (χ0v) is 12.2. The Morgan fingerprint density at radius 2 is 2.00 bits per heavy atom. The average Bonchev–Trinajstić information content (AvgIpc) is 2.35. The molecule has 20 heavy (non-hydrogen) atoms. The highest BCUT2D eigenvalue weighted by molar-refractivity contribution is 5.95. The number of amides is 1. The summed E-state index contributed by atoms with van der Waals surface area (Å²) in [7, 11) is 0. The number of hydrogen-bond donors (Lipinski definition) is 3. The first-order valence-corrected chi connectivity index (χ1v) is 6.55. The molecule has 0 bridgehead atoms. The number of carboxylic acid groups (broad SMARTS) is 1. The van der Waals surface area contributed by atoms with E-state index >= 15 is 0 Å². The van der Waals surface area contributed by atoms with Gasteiger partial charge in [-0.3, -0.25) is 9.78 Å². The molecule has 1 unspecified atom stereocenters. The number of carboxylic acids is 1. The minimum atomic E-state index is -1.07. The fourth-order valence-corrected chi connectivity index (χ4v) is 1.61. The van der Waals surface area contributed by atoms with Crippen molar-refractivity contribution in [2.75, 3.05) is 11.9 Å². The molecule has 1 amide bonds. The van der Waals surface area contributed by atoms with Crippen LogP contribution in [0.25, 0.3) is 0 Å². The van der Waals surface area contributed by atoms with Crippen molar-refractivity contribution in [2.45, 2.75) is 33.7 Å². The first-order valence-electron chi connectivity index (χ1n) is 6.55. The maximum absolute atomic E-state index is 11.9. The van der Waals surface area contributed by atoms with E-state index < -0.39 is 12.0 Å². The summed E-state index contributed by atoms with van der Waals surface area (Å²) in [6, 6.07) is 1.10. The summed E-state index contributed by atoms with van der Waals surface area (Å²) in [5.74, 6) is -0.872. The van der Waals surface area contributed by atoms with E-state index in [1.165, 1.54) is 6.20 Å². The van der Waals surface area contributed by atoms with Gasteiger partial charge in [-0.1, -0.05) is 13.8 Å². The lowest BCUT2D eigenvalue weighted by atomic mass is 10.1. The molecule has 0 saturated heterocycles. The smallest absolute Gasteiger partial charge is 0.339 e. The van der Waals surface area contributed by atoms with Crippen LogP contribution in [0, 0.1) is 12.8 Å². The first kappa shape index (κ1) is 15.9. The molecule has 0 aromatic carbocycles. The second kappa shape index (κ2) is 6.88. The molecule has 0 radical (unpaired) electrons. The van der Waals surface area contributed by atoms with Crippen molar-refractivity contribution in [1.29, 1.82) is 0 Å². The minimum absolute atomic E-state index is 0.0547. The molecule has 6 heteroatoms. The van der Waals surface area contributed by atoms with Gasteiger partial charge in [0.15, 0.2) is 0 Å². The minimum Gasteiger partial charge on any atom is -0.478 e. The van der Waals surface area contributed by atoms with Gasteiger partial charge in [0.2, 0.25) is 5.91 Å². The van der Waals surface area contributed by atoms with E-state index in [9.17, 15) is 9.59 Å². The number of rotatable bonds is 6. The number of nitrogens with zero attached hydrogens (tertiary/aromatic N) is 1. The van der Waals surface area contributed by atoms with Crippen molar-refractivity contribution in [3.05, 3.63) is 23.5 Å². The summed E-state index contributed by atoms with van der Waals surface area (Å²) in [6.45, 7) is 8.06. The Bertz CT molecular complexity index is 500. The van der Waals surface area contributed by atoms with Gasteiger partial charge in [-0.05, 0) is 25.8 Å². The highest BCUT2D eigenvalue weighted by atomic mass is 16.4. The summed E-state index contributed by atoms with van der Waals surface area (Å²) in [6.07, 6.45) is 1.29. The van der Waals surface area contributed by atoms with Crippen LogP contribution >= 0.6 is 0 Å². The maximum Gasteiger partial charge on any atom is 0.339 e. The Balaban J connectivity index is 2.79. The average molecular weight is 279 g/mol. The molecule has 1 aromatic heterocycles. The van der Waals surface area contributed by atoms with Gasteiger partial charge in [0.05, 0.1) is 5.69 Å². The van der Waals surface area contributed by atoms with Gasteiger partial charge in [-0.25, -0.2) is 4.79 Å². The van der Waals surface area contributed by atoms with Crippen LogP contribution in [0.2, 0.25) is 0 Å². The van der Waals surface area contributed by atoms with Crippen molar-refractivity contribution in [3.63, 3.8) is 0 Å². The molecule has 0 saturated carbocycles. The van der Waals surface area contributed by atoms with Crippen LogP contribution in [0.5, 0.6) is 0 Å². The molecular formula is C14H21N3O3. The third-order valence-electron chi connectivity index (χ3n) is 2.72. The van der Waals surface area contributed by atoms with Crippen molar-refractivity contribution in [3.8, 4) is 0 Å². The third kappa shape index (κ3) is 4.53. The summed E-state index contributed by atoms with van der Waals surface area (Å²) >= 11 is 0. The molecule has 0 aliphatic heterocycles. The second-order valence-corrected chi connectivity index (χ2v) is 5.18. The van der Waals surface area contributed by atoms with E-state index in [1.54, 1.807) is 19.9 Å². The van der Waals surface area contributed by atoms with E-state index in [0.717, 1.165) is 0 Å². The molecule has 1 atom stereocenters. The molecule has 0 spiro atoms. The highest BCUT2D eigenvalue weighted by Gasteiger charge is 2.17. The Hall–Kier alpha value is -2.11. The van der Waals surface area contributed by atoms with Crippen molar-refractivity contribution >= 4 is 17.6 Å². The zero-order chi connectivity index (χ0) is 15.3. The maximum atomic E-state index is 11.9. The quantitative estimate of drug-likeness (QED) is 0.736. The van der Waals surface area contributed by atoms with Gasteiger partial charge in [-0.15, -0.1) is 0 Å². The fourth-order valence-electron chi connectivity index (χ4n) is 1.61. The van der Waals surface area contributed by atoms with E-state index in [4.69, 9.17) is 5.11 Å². The lowest BCUT2D eigenvalue weighted by Gasteiger charge is -2.17. The number of carbonyl (C=O) groups is 2. The van der Waals surface area contributed by atoms with Crippen molar-refractivity contribution in [2.24, 2.45) is 5.92 Å². The zero-order valence-electron chi connectivity index (χ0n) is 12.2. The van der Waals surface area contributed by atoms with Crippen LogP contribution in [-0.4, -0.2) is 34.6 Å². The van der Waals surface area contributed by atoms with E-state index in [-0.39, 0.29) is 11.5 Å². The summed E-state index contributed by atoms with van der Waals surface area (Å²) in [5, 5.41) is 14.8. The van der Waals surface area contributed by atoms with Gasteiger partial charge in [-0.2, -0.15) is 0 Å². The van der Waals surface area contributed by atoms with Gasteiger partial charge in [0.25, 0.3) is 0 Å². The Labute approximate surface area is 118 Å². The van der Waals surface area contributed by atoms with E-state index in [2.05, 4.69) is 15.6 Å². The summed E-state index contributed by atoms with van der Waals surface area (Å²) < 4.78 is 0. The molecule has 0 aliphatic carbocycles. The molecule has 0 fully saturated rings. The molecule has 1 rings (SSSR count). The molecule has 3 N–H and O–H groups in total. The number of aryl methyl sites for hydroxylation is 1. The number of aromatic nitrogens is 1.